The van der Waals surface area contributed by atoms with Crippen LogP contribution in [0.3, 0.4) is 0 Å². The summed E-state index contributed by atoms with van der Waals surface area (Å²) >= 11 is 1.56. The van der Waals surface area contributed by atoms with Gasteiger partial charge in [-0.05, 0) is 43.7 Å². The Balaban J connectivity index is 1.69. The number of nitrogens with one attached hydrogen (secondary N) is 1. The van der Waals surface area contributed by atoms with Gasteiger partial charge in [0.05, 0.1) is 12.9 Å². The van der Waals surface area contributed by atoms with Gasteiger partial charge in [-0.1, -0.05) is 6.92 Å². The van der Waals surface area contributed by atoms with Gasteiger partial charge in [0.2, 0.25) is 5.91 Å². The molecule has 1 aromatic rings. The lowest BCUT2D eigenvalue weighted by Crippen LogP contribution is -2.45. The quantitative estimate of drug-likeness (QED) is 0.819. The maximum Gasteiger partial charge on any atom is 0.230 e. The predicted molar refractivity (Wildman–Crippen MR) is 87.0 cm³/mol. The van der Waals surface area contributed by atoms with Crippen LogP contribution in [-0.4, -0.2) is 49.3 Å². The number of carbonyl (C=O) groups excluding carboxylic acids is 1. The van der Waals surface area contributed by atoms with E-state index < -0.39 is 0 Å². The van der Waals surface area contributed by atoms with Gasteiger partial charge in [0, 0.05) is 24.0 Å². The van der Waals surface area contributed by atoms with Gasteiger partial charge in [0.1, 0.15) is 5.75 Å². The molecule has 0 atom stereocenters. The number of hydrogen-bond donors (Lipinski definition) is 1. The number of benzene rings is 1. The smallest absolute Gasteiger partial charge is 0.230 e. The zero-order valence-electron chi connectivity index (χ0n) is 12.8. The molecule has 2 rings (SSSR count). The minimum atomic E-state index is 0.130. The van der Waals surface area contributed by atoms with E-state index in [-0.39, 0.29) is 5.91 Å². The average molecular weight is 308 g/mol. The molecule has 0 unspecified atom stereocenters. The highest BCUT2D eigenvalue weighted by Crippen LogP contribution is 2.21. The second kappa shape index (κ2) is 8.29. The van der Waals surface area contributed by atoms with E-state index in [2.05, 4.69) is 17.1 Å². The maximum atomic E-state index is 12.0. The van der Waals surface area contributed by atoms with E-state index in [1.165, 1.54) is 0 Å². The Morgan fingerprint density at radius 1 is 1.33 bits per heavy atom. The van der Waals surface area contributed by atoms with Crippen LogP contribution in [0.5, 0.6) is 5.75 Å². The fourth-order valence-electron chi connectivity index (χ4n) is 2.48. The van der Waals surface area contributed by atoms with Crippen LogP contribution in [0.4, 0.5) is 0 Å². The minimum absolute atomic E-state index is 0.130. The van der Waals surface area contributed by atoms with Crippen LogP contribution < -0.4 is 10.1 Å². The first-order valence-corrected chi connectivity index (χ1v) is 8.48. The van der Waals surface area contributed by atoms with Gasteiger partial charge in [0.25, 0.3) is 0 Å². The Bertz CT molecular complexity index is 442. The second-order valence-electron chi connectivity index (χ2n) is 5.24. The molecular weight excluding hydrogens is 284 g/mol. The van der Waals surface area contributed by atoms with Crippen molar-refractivity contribution in [2.24, 2.45) is 0 Å². The molecule has 0 radical (unpaired) electrons. The fraction of sp³-hybridized carbons (Fsp3) is 0.562. The summed E-state index contributed by atoms with van der Waals surface area (Å²) in [5.41, 5.74) is 0. The lowest BCUT2D eigenvalue weighted by atomic mass is 10.1. The number of methoxy groups -OCH3 is 1. The fourth-order valence-corrected chi connectivity index (χ4v) is 3.19. The molecule has 1 aliphatic rings. The van der Waals surface area contributed by atoms with E-state index in [1.54, 1.807) is 18.9 Å². The summed E-state index contributed by atoms with van der Waals surface area (Å²) in [6, 6.07) is 8.14. The highest BCUT2D eigenvalue weighted by atomic mass is 32.2. The summed E-state index contributed by atoms with van der Waals surface area (Å²) < 4.78 is 5.12. The highest BCUT2D eigenvalue weighted by Gasteiger charge is 2.19. The van der Waals surface area contributed by atoms with Crippen molar-refractivity contribution in [3.63, 3.8) is 0 Å². The largest absolute Gasteiger partial charge is 0.497 e. The van der Waals surface area contributed by atoms with Crippen LogP contribution in [0.15, 0.2) is 29.2 Å². The number of amides is 1. The number of carbonyl (C=O) groups is 1. The molecule has 1 aliphatic heterocycles. The third kappa shape index (κ3) is 5.25. The lowest BCUT2D eigenvalue weighted by molar-refractivity contribution is -0.119. The Morgan fingerprint density at radius 3 is 2.57 bits per heavy atom. The number of ether oxygens (including phenoxy) is 1. The highest BCUT2D eigenvalue weighted by molar-refractivity contribution is 8.00. The van der Waals surface area contributed by atoms with Gasteiger partial charge in [-0.3, -0.25) is 4.79 Å². The van der Waals surface area contributed by atoms with E-state index in [0.29, 0.717) is 11.8 Å². The molecule has 116 valence electrons. The summed E-state index contributed by atoms with van der Waals surface area (Å²) in [7, 11) is 1.65. The molecule has 0 aliphatic carbocycles. The molecule has 1 saturated heterocycles. The standard InChI is InChI=1S/C16H24N2O2S/c1-3-18-10-8-13(9-11-18)17-16(19)12-21-15-6-4-14(20-2)5-7-15/h4-7,13H,3,8-12H2,1-2H3,(H,17,19). The molecule has 0 spiro atoms. The van der Waals surface area contributed by atoms with Gasteiger partial charge >= 0.3 is 0 Å². The van der Waals surface area contributed by atoms with Crippen LogP contribution in [0.1, 0.15) is 19.8 Å². The number of piperidine rings is 1. The average Bonchev–Trinajstić information content (AvgIpc) is 2.54. The van der Waals surface area contributed by atoms with E-state index in [4.69, 9.17) is 4.74 Å². The molecule has 1 heterocycles. The maximum absolute atomic E-state index is 12.0. The Morgan fingerprint density at radius 2 is 2.00 bits per heavy atom. The molecule has 1 N–H and O–H groups in total. The molecule has 0 aromatic heterocycles. The van der Waals surface area contributed by atoms with Crippen LogP contribution >= 0.6 is 11.8 Å². The van der Waals surface area contributed by atoms with Gasteiger partial charge in [-0.25, -0.2) is 0 Å². The third-order valence-corrected chi connectivity index (χ3v) is 4.84. The van der Waals surface area contributed by atoms with Gasteiger partial charge in [-0.15, -0.1) is 11.8 Å². The summed E-state index contributed by atoms with van der Waals surface area (Å²) in [6.45, 7) is 5.47. The summed E-state index contributed by atoms with van der Waals surface area (Å²) in [5.74, 6) is 1.44. The number of thioether (sulfide) groups is 1. The molecule has 0 bridgehead atoms. The van der Waals surface area contributed by atoms with Gasteiger partial charge in [-0.2, -0.15) is 0 Å². The van der Waals surface area contributed by atoms with Crippen molar-refractivity contribution in [2.45, 2.75) is 30.7 Å². The zero-order valence-corrected chi connectivity index (χ0v) is 13.6. The van der Waals surface area contributed by atoms with Crippen molar-refractivity contribution in [1.29, 1.82) is 0 Å². The van der Waals surface area contributed by atoms with Crippen molar-refractivity contribution in [3.05, 3.63) is 24.3 Å². The van der Waals surface area contributed by atoms with Crippen molar-refractivity contribution >= 4 is 17.7 Å². The Hall–Kier alpha value is -1.20. The van der Waals surface area contributed by atoms with Crippen LogP contribution in [0.25, 0.3) is 0 Å². The number of hydrogen-bond acceptors (Lipinski definition) is 4. The van der Waals surface area contributed by atoms with Gasteiger partial charge < -0.3 is 15.0 Å². The Kier molecular flexibility index (Phi) is 6.39. The Labute approximate surface area is 131 Å². The van der Waals surface area contributed by atoms with Crippen LogP contribution in [0.2, 0.25) is 0 Å². The normalized spacial score (nSPS) is 16.7. The topological polar surface area (TPSA) is 41.6 Å². The molecule has 0 saturated carbocycles. The summed E-state index contributed by atoms with van der Waals surface area (Å²) in [4.78, 5) is 15.5. The van der Waals surface area contributed by atoms with Crippen molar-refractivity contribution in [2.75, 3.05) is 32.5 Å². The molecular formula is C16H24N2O2S. The zero-order chi connectivity index (χ0) is 15.1. The van der Waals surface area contributed by atoms with Crippen LogP contribution in [-0.2, 0) is 4.79 Å². The molecule has 4 nitrogen and oxygen atoms in total. The minimum Gasteiger partial charge on any atom is -0.497 e. The van der Waals surface area contributed by atoms with Crippen molar-refractivity contribution in [1.82, 2.24) is 10.2 Å². The first-order chi connectivity index (χ1) is 10.2. The van der Waals surface area contributed by atoms with E-state index in [9.17, 15) is 4.79 Å². The third-order valence-electron chi connectivity index (χ3n) is 3.83. The first kappa shape index (κ1) is 16.2. The summed E-state index contributed by atoms with van der Waals surface area (Å²) in [5, 5.41) is 3.15. The molecule has 1 amide bonds. The van der Waals surface area contributed by atoms with E-state index in [0.717, 1.165) is 43.1 Å². The van der Waals surface area contributed by atoms with Crippen molar-refractivity contribution in [3.8, 4) is 5.75 Å². The number of nitrogens with zero attached hydrogens (tertiary/aromatic N) is 1. The number of rotatable bonds is 6. The SMILES string of the molecule is CCN1CCC(NC(=O)CSc2ccc(OC)cc2)CC1. The van der Waals surface area contributed by atoms with Crippen LogP contribution in [0, 0.1) is 0 Å². The monoisotopic (exact) mass is 308 g/mol. The molecule has 1 aromatic carbocycles. The summed E-state index contributed by atoms with van der Waals surface area (Å²) in [6.07, 6.45) is 2.12. The van der Waals surface area contributed by atoms with E-state index >= 15 is 0 Å². The molecule has 21 heavy (non-hydrogen) atoms. The van der Waals surface area contributed by atoms with E-state index in [1.807, 2.05) is 24.3 Å². The number of likely N-dealkylation sites (tertiary alicyclic amines) is 1. The van der Waals surface area contributed by atoms with Crippen molar-refractivity contribution < 1.29 is 9.53 Å². The lowest BCUT2D eigenvalue weighted by Gasteiger charge is -2.31. The molecule has 5 heteroatoms. The molecule has 1 fully saturated rings. The van der Waals surface area contributed by atoms with Gasteiger partial charge in [0.15, 0.2) is 0 Å². The second-order valence-corrected chi connectivity index (χ2v) is 6.29. The first-order valence-electron chi connectivity index (χ1n) is 7.50. The predicted octanol–water partition coefficient (Wildman–Crippen LogP) is 2.39.